The van der Waals surface area contributed by atoms with Gasteiger partial charge in [0.15, 0.2) is 11.5 Å². The van der Waals surface area contributed by atoms with Crippen molar-refractivity contribution in [1.29, 1.82) is 0 Å². The van der Waals surface area contributed by atoms with Crippen molar-refractivity contribution in [2.24, 2.45) is 0 Å². The van der Waals surface area contributed by atoms with Crippen molar-refractivity contribution in [3.8, 4) is 23.1 Å². The Bertz CT molecular complexity index is 1160. The molecule has 0 aliphatic rings. The minimum atomic E-state index is 0.382. The number of methoxy groups -OCH3 is 1. The van der Waals surface area contributed by atoms with Crippen LogP contribution in [0.25, 0.3) is 21.8 Å². The normalized spacial score (nSPS) is 11.1. The maximum atomic E-state index is 6.10. The number of benzene rings is 2. The molecule has 2 aromatic heterocycles. The number of hydrogen-bond donors (Lipinski definition) is 1. The third-order valence-corrected chi connectivity index (χ3v) is 4.87. The minimum absolute atomic E-state index is 0.382. The van der Waals surface area contributed by atoms with Crippen LogP contribution in [0.2, 0.25) is 0 Å². The van der Waals surface area contributed by atoms with Gasteiger partial charge in [-0.1, -0.05) is 0 Å². The molecule has 2 heterocycles. The summed E-state index contributed by atoms with van der Waals surface area (Å²) < 4.78 is 17.2. The predicted molar refractivity (Wildman–Crippen MR) is 110 cm³/mol. The summed E-state index contributed by atoms with van der Waals surface area (Å²) in [4.78, 5) is 12.0. The summed E-state index contributed by atoms with van der Waals surface area (Å²) in [6, 6.07) is 9.56. The predicted octanol–water partition coefficient (Wildman–Crippen LogP) is 5.15. The molecule has 0 saturated heterocycles. The molecule has 0 saturated carbocycles. The third kappa shape index (κ3) is 3.31. The smallest absolute Gasteiger partial charge is 0.230 e. The standard InChI is InChI=1S/C21H20ClN3O3/c1-12-13(2)25-17-5-4-14(8-15(12)17)28-21-16-9-19(26-3)20(27-7-6-22)10-18(16)23-11-24-21/h4-5,8-11,25H,6-7H2,1-3H3. The molecule has 0 aliphatic carbocycles. The van der Waals surface area contributed by atoms with Gasteiger partial charge in [0.05, 0.1) is 23.9 Å². The summed E-state index contributed by atoms with van der Waals surface area (Å²) in [5, 5.41) is 1.86. The second kappa shape index (κ2) is 7.56. The first-order valence-electron chi connectivity index (χ1n) is 8.89. The Hall–Kier alpha value is -2.99. The number of ether oxygens (including phenoxy) is 3. The number of aryl methyl sites for hydroxylation is 2. The Labute approximate surface area is 167 Å². The van der Waals surface area contributed by atoms with E-state index in [1.54, 1.807) is 13.2 Å². The zero-order valence-electron chi connectivity index (χ0n) is 15.9. The van der Waals surface area contributed by atoms with Gasteiger partial charge < -0.3 is 19.2 Å². The molecular weight excluding hydrogens is 378 g/mol. The molecule has 144 valence electrons. The van der Waals surface area contributed by atoms with Gasteiger partial charge in [-0.3, -0.25) is 0 Å². The van der Waals surface area contributed by atoms with E-state index in [0.717, 1.165) is 22.0 Å². The Morgan fingerprint density at radius 3 is 2.68 bits per heavy atom. The summed E-state index contributed by atoms with van der Waals surface area (Å²) in [6.45, 7) is 4.53. The van der Waals surface area contributed by atoms with Gasteiger partial charge in [0.2, 0.25) is 5.88 Å². The molecule has 0 aliphatic heterocycles. The van der Waals surface area contributed by atoms with Gasteiger partial charge in [-0.05, 0) is 43.7 Å². The van der Waals surface area contributed by atoms with E-state index in [4.69, 9.17) is 25.8 Å². The lowest BCUT2D eigenvalue weighted by Gasteiger charge is -2.13. The van der Waals surface area contributed by atoms with Gasteiger partial charge in [-0.2, -0.15) is 0 Å². The molecule has 7 heteroatoms. The molecule has 4 aromatic rings. The second-order valence-electron chi connectivity index (χ2n) is 6.42. The van der Waals surface area contributed by atoms with Crippen LogP contribution in [0.1, 0.15) is 11.3 Å². The monoisotopic (exact) mass is 397 g/mol. The molecule has 6 nitrogen and oxygen atoms in total. The Balaban J connectivity index is 1.75. The number of alkyl halides is 1. The zero-order chi connectivity index (χ0) is 19.7. The maximum Gasteiger partial charge on any atom is 0.230 e. The first-order valence-corrected chi connectivity index (χ1v) is 9.42. The van der Waals surface area contributed by atoms with Crippen molar-refractivity contribution < 1.29 is 14.2 Å². The van der Waals surface area contributed by atoms with Gasteiger partial charge in [0, 0.05) is 22.7 Å². The highest BCUT2D eigenvalue weighted by Crippen LogP contribution is 2.36. The van der Waals surface area contributed by atoms with E-state index in [2.05, 4.69) is 28.8 Å². The number of nitrogens with one attached hydrogen (secondary N) is 1. The molecule has 4 rings (SSSR count). The Kier molecular flexibility index (Phi) is 4.96. The number of hydrogen-bond acceptors (Lipinski definition) is 5. The van der Waals surface area contributed by atoms with Crippen molar-refractivity contribution in [2.75, 3.05) is 19.6 Å². The topological polar surface area (TPSA) is 69.3 Å². The molecule has 0 bridgehead atoms. The number of rotatable bonds is 6. The van der Waals surface area contributed by atoms with E-state index < -0.39 is 0 Å². The van der Waals surface area contributed by atoms with Gasteiger partial charge in [0.25, 0.3) is 0 Å². The van der Waals surface area contributed by atoms with Crippen molar-refractivity contribution in [3.05, 3.63) is 47.9 Å². The van der Waals surface area contributed by atoms with Crippen LogP contribution in [0.4, 0.5) is 0 Å². The number of fused-ring (bicyclic) bond motifs is 2. The van der Waals surface area contributed by atoms with Crippen molar-refractivity contribution in [3.63, 3.8) is 0 Å². The lowest BCUT2D eigenvalue weighted by Crippen LogP contribution is -2.01. The van der Waals surface area contributed by atoms with Crippen LogP contribution in [0.15, 0.2) is 36.7 Å². The van der Waals surface area contributed by atoms with Crippen LogP contribution >= 0.6 is 11.6 Å². The molecule has 0 amide bonds. The average molecular weight is 398 g/mol. The van der Waals surface area contributed by atoms with Crippen LogP contribution in [-0.2, 0) is 0 Å². The highest BCUT2D eigenvalue weighted by molar-refractivity contribution is 6.18. The molecule has 0 fully saturated rings. The summed E-state index contributed by atoms with van der Waals surface area (Å²) in [5.74, 6) is 2.71. The van der Waals surface area contributed by atoms with Gasteiger partial charge in [-0.25, -0.2) is 9.97 Å². The van der Waals surface area contributed by atoms with Crippen LogP contribution < -0.4 is 14.2 Å². The molecule has 0 unspecified atom stereocenters. The van der Waals surface area contributed by atoms with Gasteiger partial charge >= 0.3 is 0 Å². The van der Waals surface area contributed by atoms with Crippen LogP contribution in [0, 0.1) is 13.8 Å². The lowest BCUT2D eigenvalue weighted by molar-refractivity contribution is 0.313. The molecule has 28 heavy (non-hydrogen) atoms. The molecule has 0 radical (unpaired) electrons. The lowest BCUT2D eigenvalue weighted by atomic mass is 10.1. The van der Waals surface area contributed by atoms with E-state index in [0.29, 0.717) is 41.1 Å². The largest absolute Gasteiger partial charge is 0.493 e. The number of nitrogens with zero attached hydrogens (tertiary/aromatic N) is 2. The molecular formula is C21H20ClN3O3. The summed E-state index contributed by atoms with van der Waals surface area (Å²) in [6.07, 6.45) is 1.47. The summed E-state index contributed by atoms with van der Waals surface area (Å²) >= 11 is 5.72. The van der Waals surface area contributed by atoms with Crippen LogP contribution in [-0.4, -0.2) is 34.5 Å². The molecule has 0 atom stereocenters. The molecule has 0 spiro atoms. The molecule has 2 aromatic carbocycles. The van der Waals surface area contributed by atoms with Gasteiger partial charge in [0.1, 0.15) is 18.7 Å². The second-order valence-corrected chi connectivity index (χ2v) is 6.80. The van der Waals surface area contributed by atoms with E-state index in [1.807, 2.05) is 24.3 Å². The molecule has 1 N–H and O–H groups in total. The van der Waals surface area contributed by atoms with E-state index in [9.17, 15) is 0 Å². The summed E-state index contributed by atoms with van der Waals surface area (Å²) in [5.41, 5.74) is 4.13. The fourth-order valence-corrected chi connectivity index (χ4v) is 3.24. The maximum absolute atomic E-state index is 6.10. The highest BCUT2D eigenvalue weighted by atomic mass is 35.5. The van der Waals surface area contributed by atoms with E-state index in [1.165, 1.54) is 11.9 Å². The van der Waals surface area contributed by atoms with Crippen molar-refractivity contribution in [1.82, 2.24) is 15.0 Å². The summed E-state index contributed by atoms with van der Waals surface area (Å²) in [7, 11) is 1.59. The first-order chi connectivity index (χ1) is 13.6. The van der Waals surface area contributed by atoms with E-state index >= 15 is 0 Å². The Morgan fingerprint density at radius 2 is 1.89 bits per heavy atom. The fourth-order valence-electron chi connectivity index (χ4n) is 3.16. The first kappa shape index (κ1) is 18.4. The Morgan fingerprint density at radius 1 is 1.04 bits per heavy atom. The third-order valence-electron chi connectivity index (χ3n) is 4.71. The van der Waals surface area contributed by atoms with Crippen LogP contribution in [0.3, 0.4) is 0 Å². The number of halogens is 1. The van der Waals surface area contributed by atoms with E-state index in [-0.39, 0.29) is 0 Å². The zero-order valence-corrected chi connectivity index (χ0v) is 16.6. The SMILES string of the molecule is COc1cc2c(Oc3ccc4[nH]c(C)c(C)c4c3)ncnc2cc1OCCCl. The van der Waals surface area contributed by atoms with Crippen molar-refractivity contribution in [2.45, 2.75) is 13.8 Å². The number of H-pyrrole nitrogens is 1. The quantitative estimate of drug-likeness (QED) is 0.456. The van der Waals surface area contributed by atoms with Crippen molar-refractivity contribution >= 4 is 33.4 Å². The van der Waals surface area contributed by atoms with Crippen LogP contribution in [0.5, 0.6) is 23.1 Å². The number of aromatic amines is 1. The fraction of sp³-hybridized carbons (Fsp3) is 0.238. The highest BCUT2D eigenvalue weighted by Gasteiger charge is 2.14. The number of aromatic nitrogens is 3. The minimum Gasteiger partial charge on any atom is -0.493 e. The van der Waals surface area contributed by atoms with Gasteiger partial charge in [-0.15, -0.1) is 11.6 Å². The average Bonchev–Trinajstić information content (AvgIpc) is 2.99.